The monoisotopic (exact) mass is 502 g/mol. The molecule has 0 aliphatic carbocycles. The van der Waals surface area contributed by atoms with Gasteiger partial charge in [0.25, 0.3) is 5.91 Å². The first-order valence-corrected chi connectivity index (χ1v) is 12.3. The second-order valence-corrected chi connectivity index (χ2v) is 10.3. The van der Waals surface area contributed by atoms with Crippen molar-refractivity contribution >= 4 is 50.4 Å². The Kier molecular flexibility index (Phi) is 7.26. The maximum atomic E-state index is 13.1. The van der Waals surface area contributed by atoms with Crippen molar-refractivity contribution in [1.82, 2.24) is 19.8 Å². The topological polar surface area (TPSA) is 87.5 Å². The fraction of sp³-hybridized carbons (Fsp3) is 0.261. The first-order chi connectivity index (χ1) is 15.8. The van der Waals surface area contributed by atoms with Gasteiger partial charge in [0.05, 0.1) is 10.2 Å². The van der Waals surface area contributed by atoms with Crippen molar-refractivity contribution in [2.45, 2.75) is 19.2 Å². The molecular formula is C23H23ClN4O3S2. The van der Waals surface area contributed by atoms with Crippen LogP contribution in [-0.2, 0) is 20.1 Å². The number of benzene rings is 1. The van der Waals surface area contributed by atoms with E-state index in [1.54, 1.807) is 29.1 Å². The summed E-state index contributed by atoms with van der Waals surface area (Å²) in [6.45, 7) is 1.30. The quantitative estimate of drug-likeness (QED) is 0.382. The van der Waals surface area contributed by atoms with Crippen LogP contribution in [0, 0.1) is 0 Å². The average Bonchev–Trinajstić information content (AvgIpc) is 3.46. The van der Waals surface area contributed by atoms with Crippen LogP contribution in [0.4, 0.5) is 0 Å². The third kappa shape index (κ3) is 5.51. The summed E-state index contributed by atoms with van der Waals surface area (Å²) in [4.78, 5) is 32.9. The molecule has 1 amide bonds. The molecule has 3 aromatic heterocycles. The lowest BCUT2D eigenvalue weighted by molar-refractivity contribution is 0.0949. The van der Waals surface area contributed by atoms with E-state index in [2.05, 4.69) is 10.3 Å². The number of carbonyl (C=O) groups excluding carboxylic acids is 1. The molecule has 3 heterocycles. The van der Waals surface area contributed by atoms with E-state index < -0.39 is 12.0 Å². The molecule has 1 unspecified atom stereocenters. The Morgan fingerprint density at radius 3 is 2.79 bits per heavy atom. The number of aryl methyl sites for hydroxylation is 1. The van der Waals surface area contributed by atoms with Crippen molar-refractivity contribution in [1.29, 1.82) is 0 Å². The smallest absolute Gasteiger partial charge is 0.257 e. The highest BCUT2D eigenvalue weighted by molar-refractivity contribution is 7.19. The highest BCUT2D eigenvalue weighted by atomic mass is 35.5. The predicted octanol–water partition coefficient (Wildman–Crippen LogP) is 3.81. The van der Waals surface area contributed by atoms with Crippen LogP contribution in [0.3, 0.4) is 0 Å². The van der Waals surface area contributed by atoms with Gasteiger partial charge in [-0.05, 0) is 30.8 Å². The molecule has 0 saturated carbocycles. The Labute approximate surface area is 203 Å². The van der Waals surface area contributed by atoms with Gasteiger partial charge in [-0.25, -0.2) is 4.98 Å². The van der Waals surface area contributed by atoms with Gasteiger partial charge in [-0.1, -0.05) is 23.7 Å². The summed E-state index contributed by atoms with van der Waals surface area (Å²) in [5, 5.41) is 16.3. The molecule has 0 bridgehead atoms. The lowest BCUT2D eigenvalue weighted by atomic mass is 10.2. The number of fused-ring (bicyclic) bond motifs is 1. The van der Waals surface area contributed by atoms with Crippen LogP contribution >= 0.6 is 34.3 Å². The van der Waals surface area contributed by atoms with E-state index in [0.29, 0.717) is 34.4 Å². The number of likely N-dealkylation sites (N-methyl/N-ethyl adjacent to an activating group) is 1. The van der Waals surface area contributed by atoms with Crippen LogP contribution in [0.25, 0.3) is 10.2 Å². The number of nitrogens with zero attached hydrogens (tertiary/aromatic N) is 3. The highest BCUT2D eigenvalue weighted by Gasteiger charge is 2.18. The molecule has 0 radical (unpaired) electrons. The fourth-order valence-electron chi connectivity index (χ4n) is 3.52. The van der Waals surface area contributed by atoms with Gasteiger partial charge >= 0.3 is 0 Å². The maximum absolute atomic E-state index is 13.1. The normalized spacial score (nSPS) is 12.4. The molecule has 33 heavy (non-hydrogen) atoms. The second-order valence-electron chi connectivity index (χ2n) is 7.80. The number of hydrogen-bond donors (Lipinski definition) is 2. The summed E-state index contributed by atoms with van der Waals surface area (Å²) in [6.07, 6.45) is 2.59. The summed E-state index contributed by atoms with van der Waals surface area (Å²) >= 11 is 8.69. The minimum absolute atomic E-state index is 0.111. The fourth-order valence-corrected chi connectivity index (χ4v) is 5.49. The van der Waals surface area contributed by atoms with Gasteiger partial charge in [0, 0.05) is 54.4 Å². The summed E-state index contributed by atoms with van der Waals surface area (Å²) in [6, 6.07) is 9.14. The largest absolute Gasteiger partial charge is 0.385 e. The second kappa shape index (κ2) is 10.1. The van der Waals surface area contributed by atoms with Gasteiger partial charge < -0.3 is 15.0 Å². The van der Waals surface area contributed by atoms with E-state index in [4.69, 9.17) is 11.6 Å². The van der Waals surface area contributed by atoms with E-state index in [1.165, 1.54) is 22.7 Å². The minimum Gasteiger partial charge on any atom is -0.385 e. The molecule has 0 aliphatic rings. The average molecular weight is 503 g/mol. The third-order valence-electron chi connectivity index (χ3n) is 5.17. The van der Waals surface area contributed by atoms with E-state index in [0.717, 1.165) is 16.0 Å². The number of nitrogens with one attached hydrogen (secondary N) is 1. The maximum Gasteiger partial charge on any atom is 0.257 e. The Morgan fingerprint density at radius 2 is 2.09 bits per heavy atom. The molecule has 1 aromatic carbocycles. The Morgan fingerprint density at radius 1 is 1.33 bits per heavy atom. The number of pyridine rings is 1. The van der Waals surface area contributed by atoms with Gasteiger partial charge in [0.15, 0.2) is 0 Å². The number of aromatic nitrogens is 2. The molecular weight excluding hydrogens is 480 g/mol. The lowest BCUT2D eigenvalue weighted by Gasteiger charge is -2.18. The zero-order chi connectivity index (χ0) is 23.5. The molecule has 1 atom stereocenters. The van der Waals surface area contributed by atoms with Gasteiger partial charge in [0.2, 0.25) is 5.43 Å². The minimum atomic E-state index is -0.661. The van der Waals surface area contributed by atoms with E-state index >= 15 is 0 Å². The van der Waals surface area contributed by atoms with Gasteiger partial charge in [-0.2, -0.15) is 0 Å². The predicted molar refractivity (Wildman–Crippen MR) is 133 cm³/mol. The van der Waals surface area contributed by atoms with Crippen LogP contribution in [0.1, 0.15) is 31.9 Å². The number of carbonyl (C=O) groups is 1. The van der Waals surface area contributed by atoms with Crippen LogP contribution in [-0.4, -0.2) is 39.1 Å². The van der Waals surface area contributed by atoms with Crippen LogP contribution in [0.15, 0.2) is 52.9 Å². The van der Waals surface area contributed by atoms with E-state index in [1.807, 2.05) is 42.6 Å². The van der Waals surface area contributed by atoms with Crippen molar-refractivity contribution in [2.24, 2.45) is 7.05 Å². The molecule has 2 N–H and O–H groups in total. The Balaban J connectivity index is 1.49. The van der Waals surface area contributed by atoms with Crippen LogP contribution < -0.4 is 10.7 Å². The Bertz CT molecular complexity index is 1320. The number of aliphatic hydroxyl groups is 1. The Hall–Kier alpha value is -2.56. The number of thiazole rings is 1. The van der Waals surface area contributed by atoms with Gasteiger partial charge in [0.1, 0.15) is 16.7 Å². The summed E-state index contributed by atoms with van der Waals surface area (Å²) in [5.41, 5.74) is 1.51. The summed E-state index contributed by atoms with van der Waals surface area (Å²) < 4.78 is 2.35. The molecule has 0 spiro atoms. The molecule has 0 aliphatic heterocycles. The van der Waals surface area contributed by atoms with Crippen LogP contribution in [0.2, 0.25) is 5.02 Å². The van der Waals surface area contributed by atoms with Crippen molar-refractivity contribution in [2.75, 3.05) is 13.6 Å². The molecule has 10 heteroatoms. The zero-order valence-corrected chi connectivity index (χ0v) is 20.5. The number of aliphatic hydroxyl groups excluding tert-OH is 1. The molecule has 7 nitrogen and oxygen atoms in total. The van der Waals surface area contributed by atoms with E-state index in [-0.39, 0.29) is 11.0 Å². The van der Waals surface area contributed by atoms with Crippen molar-refractivity contribution in [3.63, 3.8) is 0 Å². The molecule has 4 aromatic rings. The lowest BCUT2D eigenvalue weighted by Crippen LogP contribution is -2.29. The molecule has 0 fully saturated rings. The summed E-state index contributed by atoms with van der Waals surface area (Å²) in [7, 11) is 3.74. The number of hydrogen-bond acceptors (Lipinski definition) is 7. The van der Waals surface area contributed by atoms with Crippen molar-refractivity contribution in [3.8, 4) is 0 Å². The van der Waals surface area contributed by atoms with Gasteiger partial charge in [-0.3, -0.25) is 14.5 Å². The van der Waals surface area contributed by atoms with Crippen LogP contribution in [0.5, 0.6) is 0 Å². The number of amides is 1. The van der Waals surface area contributed by atoms with Crippen molar-refractivity contribution in [3.05, 3.63) is 84.4 Å². The standard InChI is InChI=1S/C23H23ClN4O3S2/c1-27(13-19(29)23-25-7-8-32-23)11-16-9-18-21(33-16)20(30)17(12-28(18)2)22(31)26-10-14-3-5-15(24)6-4-14/h3-9,12,19,29H,10-11,13H2,1-2H3,(H,26,31). The van der Waals surface area contributed by atoms with Crippen molar-refractivity contribution < 1.29 is 9.90 Å². The first-order valence-electron chi connectivity index (χ1n) is 10.2. The van der Waals surface area contributed by atoms with Gasteiger partial charge in [-0.15, -0.1) is 22.7 Å². The number of thiophene rings is 1. The number of halogens is 1. The molecule has 4 rings (SSSR count). The molecule has 0 saturated heterocycles. The number of rotatable bonds is 8. The third-order valence-corrected chi connectivity index (χ3v) is 7.41. The highest BCUT2D eigenvalue weighted by Crippen LogP contribution is 2.25. The first kappa shape index (κ1) is 23.6. The molecule has 172 valence electrons. The summed E-state index contributed by atoms with van der Waals surface area (Å²) in [5.74, 6) is -0.411. The SMILES string of the molecule is CN(Cc1cc2c(s1)c(=O)c(C(=O)NCc1ccc(Cl)cc1)cn2C)CC(O)c1nccs1. The van der Waals surface area contributed by atoms with E-state index in [9.17, 15) is 14.7 Å². The zero-order valence-electron chi connectivity index (χ0n) is 18.1.